The molecule has 0 bridgehead atoms. The molecule has 150 valence electrons. The van der Waals surface area contributed by atoms with Gasteiger partial charge in [-0.15, -0.1) is 0 Å². The largest absolute Gasteiger partial charge is 0.496 e. The van der Waals surface area contributed by atoms with Crippen molar-refractivity contribution in [3.8, 4) is 5.75 Å². The average molecular weight is 407 g/mol. The molecule has 0 spiro atoms. The van der Waals surface area contributed by atoms with Crippen molar-refractivity contribution >= 4 is 17.7 Å². The van der Waals surface area contributed by atoms with Gasteiger partial charge in [-0.3, -0.25) is 0 Å². The van der Waals surface area contributed by atoms with E-state index in [1.165, 1.54) is 11.1 Å². The minimum atomic E-state index is 0.202. The average Bonchev–Trinajstić information content (AvgIpc) is 3.39. The maximum Gasteiger partial charge on any atom is 0.233 e. The Morgan fingerprint density at radius 1 is 1.07 bits per heavy atom. The number of hydrogen-bond donors (Lipinski definition) is 0. The monoisotopic (exact) mass is 406 g/mol. The summed E-state index contributed by atoms with van der Waals surface area (Å²) < 4.78 is 13.6. The number of nitrogens with zero attached hydrogens (tertiary/aromatic N) is 2. The summed E-state index contributed by atoms with van der Waals surface area (Å²) in [6.45, 7) is 3.54. The van der Waals surface area contributed by atoms with Crippen LogP contribution in [-0.4, -0.2) is 36.0 Å². The van der Waals surface area contributed by atoms with Crippen molar-refractivity contribution in [1.82, 2.24) is 4.57 Å². The van der Waals surface area contributed by atoms with E-state index >= 15 is 0 Å². The second-order valence-electron chi connectivity index (χ2n) is 7.17. The lowest BCUT2D eigenvalue weighted by Gasteiger charge is -2.12. The second-order valence-corrected chi connectivity index (χ2v) is 8.20. The molecule has 0 fully saturated rings. The van der Waals surface area contributed by atoms with Crippen molar-refractivity contribution in [2.75, 3.05) is 19.5 Å². The normalized spacial score (nSPS) is 15.8. The molecule has 1 aromatic heterocycles. The molecule has 0 saturated carbocycles. The number of aryl methyl sites for hydroxylation is 1. The number of hydrogen-bond acceptors (Lipinski definition) is 4. The number of benzene rings is 2. The van der Waals surface area contributed by atoms with Crippen LogP contribution in [0.15, 0.2) is 71.9 Å². The highest BCUT2D eigenvalue weighted by Gasteiger charge is 2.22. The number of aromatic nitrogens is 1. The molecule has 1 atom stereocenters. The molecule has 0 unspecified atom stereocenters. The van der Waals surface area contributed by atoms with Crippen LogP contribution in [-0.2, 0) is 17.0 Å². The Kier molecular flexibility index (Phi) is 6.25. The quantitative estimate of drug-likeness (QED) is 0.532. The van der Waals surface area contributed by atoms with Gasteiger partial charge in [-0.2, -0.15) is 11.8 Å². The van der Waals surface area contributed by atoms with Crippen molar-refractivity contribution in [1.29, 1.82) is 0 Å². The molecule has 1 aliphatic rings. The minimum Gasteiger partial charge on any atom is -0.496 e. The summed E-state index contributed by atoms with van der Waals surface area (Å²) in [6, 6.07) is 21.0. The first-order valence-corrected chi connectivity index (χ1v) is 11.0. The van der Waals surface area contributed by atoms with Crippen LogP contribution in [0.5, 0.6) is 5.75 Å². The maximum absolute atomic E-state index is 5.96. The molecule has 3 aromatic rings. The van der Waals surface area contributed by atoms with E-state index in [0.29, 0.717) is 6.61 Å². The summed E-state index contributed by atoms with van der Waals surface area (Å²) >= 11 is 1.92. The Hall–Kier alpha value is -2.66. The summed E-state index contributed by atoms with van der Waals surface area (Å²) in [6.07, 6.45) is 2.06. The van der Waals surface area contributed by atoms with Gasteiger partial charge in [0, 0.05) is 23.3 Å². The van der Waals surface area contributed by atoms with Crippen LogP contribution < -0.4 is 4.74 Å². The third-order valence-corrected chi connectivity index (χ3v) is 6.26. The Balaban J connectivity index is 1.40. The SMILES string of the molecule is COc1ccccc1Cn1cccc1C1=N[C@@H](CSCc2ccccc2C)CO1. The van der Waals surface area contributed by atoms with Crippen LogP contribution in [0.3, 0.4) is 0 Å². The topological polar surface area (TPSA) is 35.8 Å². The number of thioether (sulfide) groups is 1. The van der Waals surface area contributed by atoms with Crippen LogP contribution >= 0.6 is 11.8 Å². The van der Waals surface area contributed by atoms with E-state index in [0.717, 1.165) is 41.0 Å². The molecule has 4 nitrogen and oxygen atoms in total. The highest BCUT2D eigenvalue weighted by molar-refractivity contribution is 7.98. The Bertz CT molecular complexity index is 996. The molecule has 0 aliphatic carbocycles. The zero-order chi connectivity index (χ0) is 20.1. The first-order chi connectivity index (χ1) is 14.2. The maximum atomic E-state index is 5.96. The van der Waals surface area contributed by atoms with Gasteiger partial charge in [0.15, 0.2) is 0 Å². The van der Waals surface area contributed by atoms with Gasteiger partial charge in [0.25, 0.3) is 0 Å². The summed E-state index contributed by atoms with van der Waals surface area (Å²) in [5.74, 6) is 3.61. The van der Waals surface area contributed by atoms with Gasteiger partial charge >= 0.3 is 0 Å². The van der Waals surface area contributed by atoms with Crippen molar-refractivity contribution in [2.24, 2.45) is 4.99 Å². The molecule has 2 heterocycles. The molecular formula is C24H26N2O2S. The Labute approximate surface area is 176 Å². The van der Waals surface area contributed by atoms with Crippen LogP contribution in [0.4, 0.5) is 0 Å². The zero-order valence-corrected chi connectivity index (χ0v) is 17.7. The van der Waals surface area contributed by atoms with E-state index in [1.807, 2.05) is 36.0 Å². The second kappa shape index (κ2) is 9.23. The van der Waals surface area contributed by atoms with Gasteiger partial charge in [0.2, 0.25) is 5.90 Å². The van der Waals surface area contributed by atoms with Gasteiger partial charge in [-0.05, 0) is 36.2 Å². The molecule has 1 aliphatic heterocycles. The summed E-state index contributed by atoms with van der Waals surface area (Å²) in [7, 11) is 1.71. The Morgan fingerprint density at radius 3 is 2.69 bits per heavy atom. The fraction of sp³-hybridized carbons (Fsp3) is 0.292. The number of ether oxygens (including phenoxy) is 2. The number of para-hydroxylation sites is 1. The van der Waals surface area contributed by atoms with Crippen molar-refractivity contribution in [3.05, 3.63) is 89.2 Å². The van der Waals surface area contributed by atoms with Gasteiger partial charge < -0.3 is 14.0 Å². The summed E-state index contributed by atoms with van der Waals surface area (Å²) in [5, 5.41) is 0. The van der Waals surface area contributed by atoms with Gasteiger partial charge in [0.1, 0.15) is 18.1 Å². The fourth-order valence-corrected chi connectivity index (χ4v) is 4.59. The molecule has 5 heteroatoms. The molecule has 29 heavy (non-hydrogen) atoms. The van der Waals surface area contributed by atoms with Crippen LogP contribution in [0.25, 0.3) is 0 Å². The van der Waals surface area contributed by atoms with E-state index < -0.39 is 0 Å². The smallest absolute Gasteiger partial charge is 0.233 e. The van der Waals surface area contributed by atoms with Gasteiger partial charge in [-0.25, -0.2) is 4.99 Å². The van der Waals surface area contributed by atoms with Crippen LogP contribution in [0, 0.1) is 6.92 Å². The first-order valence-electron chi connectivity index (χ1n) is 9.85. The molecule has 0 radical (unpaired) electrons. The van der Waals surface area contributed by atoms with E-state index in [4.69, 9.17) is 14.5 Å². The zero-order valence-electron chi connectivity index (χ0n) is 16.9. The molecule has 2 aromatic carbocycles. The highest BCUT2D eigenvalue weighted by atomic mass is 32.2. The Morgan fingerprint density at radius 2 is 1.86 bits per heavy atom. The molecule has 0 saturated heterocycles. The van der Waals surface area contributed by atoms with Crippen molar-refractivity contribution < 1.29 is 9.47 Å². The predicted molar refractivity (Wildman–Crippen MR) is 120 cm³/mol. The van der Waals surface area contributed by atoms with E-state index in [-0.39, 0.29) is 6.04 Å². The van der Waals surface area contributed by atoms with Gasteiger partial charge in [-0.1, -0.05) is 42.5 Å². The van der Waals surface area contributed by atoms with Gasteiger partial charge in [0.05, 0.1) is 19.7 Å². The lowest BCUT2D eigenvalue weighted by Crippen LogP contribution is -2.11. The lowest BCUT2D eigenvalue weighted by atomic mass is 10.1. The van der Waals surface area contributed by atoms with E-state index in [2.05, 4.69) is 54.1 Å². The number of methoxy groups -OCH3 is 1. The lowest BCUT2D eigenvalue weighted by molar-refractivity contribution is 0.323. The molecule has 0 amide bonds. The standard InChI is InChI=1S/C24H26N2O2S/c1-18-8-3-4-10-20(18)16-29-17-21-15-28-24(25-21)22-11-7-13-26(22)14-19-9-5-6-12-23(19)27-2/h3-13,21H,14-17H2,1-2H3/t21-/m1/s1. The highest BCUT2D eigenvalue weighted by Crippen LogP contribution is 2.23. The van der Waals surface area contributed by atoms with Crippen molar-refractivity contribution in [3.63, 3.8) is 0 Å². The third-order valence-electron chi connectivity index (χ3n) is 5.12. The number of rotatable bonds is 8. The van der Waals surface area contributed by atoms with Crippen molar-refractivity contribution in [2.45, 2.75) is 25.3 Å². The predicted octanol–water partition coefficient (Wildman–Crippen LogP) is 4.93. The summed E-state index contributed by atoms with van der Waals surface area (Å²) in [4.78, 5) is 4.85. The van der Waals surface area contributed by atoms with Crippen LogP contribution in [0.1, 0.15) is 22.4 Å². The first kappa shape index (κ1) is 19.6. The minimum absolute atomic E-state index is 0.202. The van der Waals surface area contributed by atoms with E-state index in [1.54, 1.807) is 7.11 Å². The number of aliphatic imine (C=N–C) groups is 1. The molecule has 4 rings (SSSR count). The molecular weight excluding hydrogens is 380 g/mol. The summed E-state index contributed by atoms with van der Waals surface area (Å²) in [5.41, 5.74) is 4.89. The molecule has 0 N–H and O–H groups in total. The third kappa shape index (κ3) is 4.67. The van der Waals surface area contributed by atoms with Crippen LogP contribution in [0.2, 0.25) is 0 Å². The van der Waals surface area contributed by atoms with E-state index in [9.17, 15) is 0 Å². The fourth-order valence-electron chi connectivity index (χ4n) is 3.48.